The SMILES string of the molecule is S=C(SCc1nnsc1Cl)N1CCCC1. The van der Waals surface area contributed by atoms with E-state index in [1.807, 2.05) is 0 Å². The van der Waals surface area contributed by atoms with Gasteiger partial charge in [0.1, 0.15) is 14.4 Å². The molecule has 1 saturated heterocycles. The maximum atomic E-state index is 5.91. The van der Waals surface area contributed by atoms with Gasteiger partial charge in [-0.05, 0) is 12.8 Å². The third-order valence-electron chi connectivity index (χ3n) is 2.21. The van der Waals surface area contributed by atoms with Crippen LogP contribution in [0.5, 0.6) is 0 Å². The Balaban J connectivity index is 1.83. The minimum Gasteiger partial charge on any atom is -0.358 e. The number of hydrogen-bond acceptors (Lipinski definition) is 5. The highest BCUT2D eigenvalue weighted by Gasteiger charge is 2.16. The number of thioether (sulfide) groups is 1. The van der Waals surface area contributed by atoms with Crippen LogP contribution in [0.2, 0.25) is 4.34 Å². The number of likely N-dealkylation sites (tertiary alicyclic amines) is 1. The molecule has 2 heterocycles. The minimum absolute atomic E-state index is 0.673. The van der Waals surface area contributed by atoms with E-state index in [4.69, 9.17) is 23.8 Å². The molecule has 2 rings (SSSR count). The Morgan fingerprint density at radius 1 is 1.53 bits per heavy atom. The van der Waals surface area contributed by atoms with Gasteiger partial charge in [-0.15, -0.1) is 5.10 Å². The molecule has 0 spiro atoms. The standard InChI is InChI=1S/C8H10ClN3S3/c9-7-6(10-11-15-7)5-14-8(13)12-3-1-2-4-12/h1-5H2. The van der Waals surface area contributed by atoms with Crippen LogP contribution in [0.15, 0.2) is 0 Å². The van der Waals surface area contributed by atoms with Crippen molar-refractivity contribution in [2.24, 2.45) is 0 Å². The van der Waals surface area contributed by atoms with E-state index >= 15 is 0 Å². The molecule has 1 aromatic heterocycles. The molecule has 0 atom stereocenters. The summed E-state index contributed by atoms with van der Waals surface area (Å²) in [6, 6.07) is 0. The molecular formula is C8H10ClN3S3. The Kier molecular flexibility index (Phi) is 4.19. The molecule has 0 aromatic carbocycles. The smallest absolute Gasteiger partial charge is 0.138 e. The second-order valence-corrected chi connectivity index (χ2v) is 6.21. The van der Waals surface area contributed by atoms with Crippen molar-refractivity contribution in [1.29, 1.82) is 0 Å². The summed E-state index contributed by atoms with van der Waals surface area (Å²) in [6.07, 6.45) is 2.50. The molecule has 1 aromatic rings. The van der Waals surface area contributed by atoms with Gasteiger partial charge in [0, 0.05) is 30.4 Å². The van der Waals surface area contributed by atoms with Gasteiger partial charge in [0.2, 0.25) is 0 Å². The second-order valence-electron chi connectivity index (χ2n) is 3.24. The predicted molar refractivity (Wildman–Crippen MR) is 69.6 cm³/mol. The summed E-state index contributed by atoms with van der Waals surface area (Å²) in [7, 11) is 0. The van der Waals surface area contributed by atoms with Crippen LogP contribution in [0.3, 0.4) is 0 Å². The van der Waals surface area contributed by atoms with Gasteiger partial charge in [-0.2, -0.15) is 0 Å². The number of thiocarbonyl (C=S) groups is 1. The van der Waals surface area contributed by atoms with Crippen LogP contribution in [-0.4, -0.2) is 31.9 Å². The molecule has 1 fully saturated rings. The Morgan fingerprint density at radius 3 is 2.87 bits per heavy atom. The third kappa shape index (κ3) is 3.03. The van der Waals surface area contributed by atoms with Crippen LogP contribution in [-0.2, 0) is 5.75 Å². The lowest BCUT2D eigenvalue weighted by atomic mass is 10.4. The highest BCUT2D eigenvalue weighted by molar-refractivity contribution is 8.22. The fourth-order valence-electron chi connectivity index (χ4n) is 1.40. The molecule has 0 aliphatic carbocycles. The van der Waals surface area contributed by atoms with Crippen LogP contribution in [0.1, 0.15) is 18.5 Å². The van der Waals surface area contributed by atoms with Crippen molar-refractivity contribution in [3.8, 4) is 0 Å². The van der Waals surface area contributed by atoms with Crippen molar-refractivity contribution in [2.45, 2.75) is 18.6 Å². The first-order valence-electron chi connectivity index (χ1n) is 4.66. The topological polar surface area (TPSA) is 29.0 Å². The summed E-state index contributed by atoms with van der Waals surface area (Å²) in [5.74, 6) is 0.727. The number of rotatable bonds is 2. The van der Waals surface area contributed by atoms with E-state index in [0.29, 0.717) is 4.34 Å². The van der Waals surface area contributed by atoms with Crippen molar-refractivity contribution in [3.05, 3.63) is 10.0 Å². The Hall–Kier alpha value is 0.0900. The summed E-state index contributed by atoms with van der Waals surface area (Å²) in [5, 5.41) is 3.95. The molecule has 15 heavy (non-hydrogen) atoms. The fourth-order valence-corrected chi connectivity index (χ4v) is 3.39. The first-order chi connectivity index (χ1) is 7.27. The van der Waals surface area contributed by atoms with Crippen molar-refractivity contribution in [2.75, 3.05) is 13.1 Å². The van der Waals surface area contributed by atoms with Gasteiger partial charge in [0.25, 0.3) is 0 Å². The van der Waals surface area contributed by atoms with Gasteiger partial charge in [-0.3, -0.25) is 0 Å². The molecule has 3 nitrogen and oxygen atoms in total. The van der Waals surface area contributed by atoms with Crippen molar-refractivity contribution in [3.63, 3.8) is 0 Å². The van der Waals surface area contributed by atoms with E-state index in [1.165, 1.54) is 24.4 Å². The number of hydrogen-bond donors (Lipinski definition) is 0. The van der Waals surface area contributed by atoms with E-state index in [1.54, 1.807) is 11.8 Å². The predicted octanol–water partition coefficient (Wildman–Crippen LogP) is 2.81. The Bertz CT molecular complexity index is 349. The zero-order chi connectivity index (χ0) is 10.7. The molecule has 0 amide bonds. The zero-order valence-corrected chi connectivity index (χ0v) is 11.2. The lowest BCUT2D eigenvalue weighted by Crippen LogP contribution is -2.23. The lowest BCUT2D eigenvalue weighted by Gasteiger charge is -2.16. The maximum Gasteiger partial charge on any atom is 0.138 e. The monoisotopic (exact) mass is 279 g/mol. The quantitative estimate of drug-likeness (QED) is 0.777. The first-order valence-corrected chi connectivity index (χ1v) is 7.20. The number of halogens is 1. The van der Waals surface area contributed by atoms with Gasteiger partial charge >= 0.3 is 0 Å². The molecule has 0 radical (unpaired) electrons. The Morgan fingerprint density at radius 2 is 2.27 bits per heavy atom. The Labute approximate surface area is 107 Å². The fraction of sp³-hybridized carbons (Fsp3) is 0.625. The highest BCUT2D eigenvalue weighted by Crippen LogP contribution is 2.24. The second kappa shape index (κ2) is 5.43. The van der Waals surface area contributed by atoms with E-state index in [0.717, 1.165) is 28.9 Å². The molecule has 0 bridgehead atoms. The average molecular weight is 280 g/mol. The lowest BCUT2D eigenvalue weighted by molar-refractivity contribution is 0.539. The molecule has 0 N–H and O–H groups in total. The molecule has 0 saturated carbocycles. The molecule has 1 aliphatic rings. The van der Waals surface area contributed by atoms with Gasteiger partial charge in [0.05, 0.1) is 0 Å². The van der Waals surface area contributed by atoms with Crippen molar-refractivity contribution < 1.29 is 0 Å². The van der Waals surface area contributed by atoms with E-state index in [9.17, 15) is 0 Å². The maximum absolute atomic E-state index is 5.91. The van der Waals surface area contributed by atoms with Crippen LogP contribution < -0.4 is 0 Å². The summed E-state index contributed by atoms with van der Waals surface area (Å²) in [5.41, 5.74) is 0.841. The zero-order valence-electron chi connectivity index (χ0n) is 7.98. The van der Waals surface area contributed by atoms with Gasteiger partial charge in [0.15, 0.2) is 0 Å². The van der Waals surface area contributed by atoms with Gasteiger partial charge in [-0.25, -0.2) is 0 Å². The minimum atomic E-state index is 0.673. The number of nitrogens with zero attached hydrogens (tertiary/aromatic N) is 3. The third-order valence-corrected chi connectivity index (χ3v) is 4.73. The normalized spacial score (nSPS) is 15.9. The van der Waals surface area contributed by atoms with Crippen molar-refractivity contribution in [1.82, 2.24) is 14.5 Å². The van der Waals surface area contributed by atoms with Crippen LogP contribution in [0.4, 0.5) is 0 Å². The van der Waals surface area contributed by atoms with E-state index in [2.05, 4.69) is 14.5 Å². The summed E-state index contributed by atoms with van der Waals surface area (Å²) in [4.78, 5) is 2.24. The van der Waals surface area contributed by atoms with E-state index < -0.39 is 0 Å². The summed E-state index contributed by atoms with van der Waals surface area (Å²) in [6.45, 7) is 2.18. The molecule has 0 unspecified atom stereocenters. The first kappa shape index (κ1) is 11.6. The molecular weight excluding hydrogens is 270 g/mol. The molecule has 7 heteroatoms. The summed E-state index contributed by atoms with van der Waals surface area (Å²) < 4.78 is 5.41. The average Bonchev–Trinajstić information content (AvgIpc) is 2.85. The highest BCUT2D eigenvalue weighted by atomic mass is 35.5. The van der Waals surface area contributed by atoms with Crippen LogP contribution >= 0.6 is 47.1 Å². The van der Waals surface area contributed by atoms with Crippen LogP contribution in [0, 0.1) is 0 Å². The van der Waals surface area contributed by atoms with E-state index in [-0.39, 0.29) is 0 Å². The molecule has 82 valence electrons. The number of aromatic nitrogens is 2. The van der Waals surface area contributed by atoms with Gasteiger partial charge in [-0.1, -0.05) is 40.1 Å². The molecule has 1 aliphatic heterocycles. The van der Waals surface area contributed by atoms with Gasteiger partial charge < -0.3 is 4.90 Å². The summed E-state index contributed by atoms with van der Waals surface area (Å²) >= 11 is 14.1. The largest absolute Gasteiger partial charge is 0.358 e. The van der Waals surface area contributed by atoms with Crippen molar-refractivity contribution >= 4 is 51.4 Å². The van der Waals surface area contributed by atoms with Crippen LogP contribution in [0.25, 0.3) is 0 Å².